The van der Waals surface area contributed by atoms with Crippen LogP contribution in [0.3, 0.4) is 0 Å². The van der Waals surface area contributed by atoms with Crippen LogP contribution in [-0.2, 0) is 11.2 Å². The lowest BCUT2D eigenvalue weighted by Gasteiger charge is -2.16. The Labute approximate surface area is 99.8 Å². The number of carbonyl (C=O) groups excluding carboxylic acids is 1. The third-order valence-electron chi connectivity index (χ3n) is 2.38. The van der Waals surface area contributed by atoms with Gasteiger partial charge in [-0.25, -0.2) is 0 Å². The van der Waals surface area contributed by atoms with Gasteiger partial charge in [0.05, 0.1) is 0 Å². The van der Waals surface area contributed by atoms with Crippen LogP contribution in [0.4, 0.5) is 0 Å². The lowest BCUT2D eigenvalue weighted by molar-refractivity contribution is -0.137. The molecule has 1 aromatic rings. The van der Waals surface area contributed by atoms with Gasteiger partial charge in [0, 0.05) is 12.6 Å². The predicted octanol–water partition coefficient (Wildman–Crippen LogP) is 0.344. The van der Waals surface area contributed by atoms with E-state index >= 15 is 0 Å². The molecule has 1 amide bonds. The number of hydrogen-bond donors (Lipinski definition) is 2. The van der Waals surface area contributed by atoms with E-state index in [4.69, 9.17) is 10.8 Å². The summed E-state index contributed by atoms with van der Waals surface area (Å²) in [5, 5.41) is 8.64. The second-order valence-corrected chi connectivity index (χ2v) is 3.75. The SMILES string of the molecule is CN(CC(=O)O)C(=O)c1ccccc1CCN. The number of carbonyl (C=O) groups is 2. The molecular weight excluding hydrogens is 220 g/mol. The smallest absolute Gasteiger partial charge is 0.323 e. The van der Waals surface area contributed by atoms with Crippen LogP contribution in [0.25, 0.3) is 0 Å². The fourth-order valence-electron chi connectivity index (χ4n) is 1.58. The summed E-state index contributed by atoms with van der Waals surface area (Å²) < 4.78 is 0. The minimum Gasteiger partial charge on any atom is -0.480 e. The summed E-state index contributed by atoms with van der Waals surface area (Å²) in [6.45, 7) is 0.142. The Balaban J connectivity index is 2.91. The van der Waals surface area contributed by atoms with Gasteiger partial charge in [0.2, 0.25) is 0 Å². The van der Waals surface area contributed by atoms with Crippen LogP contribution in [0.1, 0.15) is 15.9 Å². The van der Waals surface area contributed by atoms with Gasteiger partial charge in [-0.2, -0.15) is 0 Å². The molecular formula is C12H16N2O3. The van der Waals surface area contributed by atoms with E-state index in [0.29, 0.717) is 18.5 Å². The van der Waals surface area contributed by atoms with Crippen LogP contribution in [0.5, 0.6) is 0 Å². The van der Waals surface area contributed by atoms with E-state index in [1.165, 1.54) is 11.9 Å². The van der Waals surface area contributed by atoms with Crippen molar-refractivity contribution in [3.05, 3.63) is 35.4 Å². The van der Waals surface area contributed by atoms with Crippen molar-refractivity contribution in [1.29, 1.82) is 0 Å². The van der Waals surface area contributed by atoms with Crippen molar-refractivity contribution >= 4 is 11.9 Å². The second-order valence-electron chi connectivity index (χ2n) is 3.75. The van der Waals surface area contributed by atoms with E-state index in [1.54, 1.807) is 12.1 Å². The van der Waals surface area contributed by atoms with Crippen LogP contribution < -0.4 is 5.73 Å². The third kappa shape index (κ3) is 3.57. The van der Waals surface area contributed by atoms with E-state index in [1.807, 2.05) is 12.1 Å². The highest BCUT2D eigenvalue weighted by Crippen LogP contribution is 2.11. The first-order valence-corrected chi connectivity index (χ1v) is 5.31. The minimum atomic E-state index is -1.03. The van der Waals surface area contributed by atoms with Gasteiger partial charge in [-0.05, 0) is 24.6 Å². The number of hydrogen-bond acceptors (Lipinski definition) is 3. The van der Waals surface area contributed by atoms with Gasteiger partial charge < -0.3 is 15.7 Å². The summed E-state index contributed by atoms with van der Waals surface area (Å²) in [5.74, 6) is -1.33. The number of carboxylic acid groups (broad SMARTS) is 1. The number of rotatable bonds is 5. The van der Waals surface area contributed by atoms with Gasteiger partial charge in [0.25, 0.3) is 5.91 Å². The quantitative estimate of drug-likeness (QED) is 0.772. The minimum absolute atomic E-state index is 0.295. The van der Waals surface area contributed by atoms with Gasteiger partial charge in [-0.3, -0.25) is 9.59 Å². The summed E-state index contributed by atoms with van der Waals surface area (Å²) in [5.41, 5.74) is 6.83. The van der Waals surface area contributed by atoms with Gasteiger partial charge in [0.1, 0.15) is 6.54 Å². The molecule has 1 aromatic carbocycles. The molecule has 0 radical (unpaired) electrons. The summed E-state index contributed by atoms with van der Waals surface area (Å²) in [6.07, 6.45) is 0.600. The highest BCUT2D eigenvalue weighted by Gasteiger charge is 2.16. The van der Waals surface area contributed by atoms with Crippen LogP contribution in [0.15, 0.2) is 24.3 Å². The average molecular weight is 236 g/mol. The van der Waals surface area contributed by atoms with Crippen molar-refractivity contribution in [2.45, 2.75) is 6.42 Å². The maximum Gasteiger partial charge on any atom is 0.323 e. The zero-order chi connectivity index (χ0) is 12.8. The summed E-state index contributed by atoms with van der Waals surface area (Å²) >= 11 is 0. The fraction of sp³-hybridized carbons (Fsp3) is 0.333. The number of amides is 1. The Morgan fingerprint density at radius 3 is 2.59 bits per heavy atom. The van der Waals surface area contributed by atoms with Crippen LogP contribution in [-0.4, -0.2) is 42.0 Å². The lowest BCUT2D eigenvalue weighted by atomic mass is 10.0. The average Bonchev–Trinajstić information content (AvgIpc) is 2.28. The third-order valence-corrected chi connectivity index (χ3v) is 2.38. The molecule has 0 saturated heterocycles. The number of likely N-dealkylation sites (N-methyl/N-ethyl adjacent to an activating group) is 1. The van der Waals surface area contributed by atoms with Crippen molar-refractivity contribution in [3.8, 4) is 0 Å². The zero-order valence-corrected chi connectivity index (χ0v) is 9.72. The summed E-state index contributed by atoms with van der Waals surface area (Å²) in [6, 6.07) is 7.10. The van der Waals surface area contributed by atoms with E-state index in [2.05, 4.69) is 0 Å². The topological polar surface area (TPSA) is 83.6 Å². The van der Waals surface area contributed by atoms with E-state index < -0.39 is 5.97 Å². The molecule has 0 fully saturated rings. The Hall–Kier alpha value is -1.88. The molecule has 92 valence electrons. The first-order chi connectivity index (χ1) is 8.06. The number of carboxylic acids is 1. The van der Waals surface area contributed by atoms with E-state index in [9.17, 15) is 9.59 Å². The van der Waals surface area contributed by atoms with Gasteiger partial charge >= 0.3 is 5.97 Å². The van der Waals surface area contributed by atoms with Crippen LogP contribution in [0, 0.1) is 0 Å². The largest absolute Gasteiger partial charge is 0.480 e. The highest BCUT2D eigenvalue weighted by atomic mass is 16.4. The lowest BCUT2D eigenvalue weighted by Crippen LogP contribution is -2.32. The van der Waals surface area contributed by atoms with Gasteiger partial charge in [-0.15, -0.1) is 0 Å². The Morgan fingerprint density at radius 2 is 2.00 bits per heavy atom. The number of aliphatic carboxylic acids is 1. The summed E-state index contributed by atoms with van der Waals surface area (Å²) in [7, 11) is 1.47. The fourth-order valence-corrected chi connectivity index (χ4v) is 1.58. The van der Waals surface area contributed by atoms with Crippen molar-refractivity contribution in [3.63, 3.8) is 0 Å². The Morgan fingerprint density at radius 1 is 1.35 bits per heavy atom. The predicted molar refractivity (Wildman–Crippen MR) is 63.8 cm³/mol. The molecule has 1 rings (SSSR count). The summed E-state index contributed by atoms with van der Waals surface area (Å²) in [4.78, 5) is 23.7. The second kappa shape index (κ2) is 6.00. The molecule has 0 heterocycles. The normalized spacial score (nSPS) is 10.0. The molecule has 5 nitrogen and oxygen atoms in total. The molecule has 5 heteroatoms. The molecule has 0 spiro atoms. The highest BCUT2D eigenvalue weighted by molar-refractivity contribution is 5.97. The van der Waals surface area contributed by atoms with Gasteiger partial charge in [-0.1, -0.05) is 18.2 Å². The molecule has 0 aliphatic carbocycles. The first kappa shape index (κ1) is 13.2. The van der Waals surface area contributed by atoms with Crippen molar-refractivity contribution in [1.82, 2.24) is 4.90 Å². The molecule has 0 aliphatic rings. The molecule has 0 unspecified atom stereocenters. The van der Waals surface area contributed by atoms with Crippen molar-refractivity contribution in [2.75, 3.05) is 20.1 Å². The number of benzene rings is 1. The van der Waals surface area contributed by atoms with Crippen LogP contribution >= 0.6 is 0 Å². The monoisotopic (exact) mass is 236 g/mol. The van der Waals surface area contributed by atoms with Crippen molar-refractivity contribution < 1.29 is 14.7 Å². The maximum atomic E-state index is 12.0. The molecule has 0 saturated carbocycles. The first-order valence-electron chi connectivity index (χ1n) is 5.31. The Kier molecular flexibility index (Phi) is 4.66. The molecule has 0 aliphatic heterocycles. The Bertz CT molecular complexity index is 418. The molecule has 3 N–H and O–H groups in total. The van der Waals surface area contributed by atoms with Crippen molar-refractivity contribution in [2.24, 2.45) is 5.73 Å². The van der Waals surface area contributed by atoms with Crippen LogP contribution in [0.2, 0.25) is 0 Å². The molecule has 17 heavy (non-hydrogen) atoms. The number of nitrogens with zero attached hydrogens (tertiary/aromatic N) is 1. The molecule has 0 aromatic heterocycles. The molecule has 0 bridgehead atoms. The van der Waals surface area contributed by atoms with Gasteiger partial charge in [0.15, 0.2) is 0 Å². The number of nitrogens with two attached hydrogens (primary N) is 1. The molecule has 0 atom stereocenters. The standard InChI is InChI=1S/C12H16N2O3/c1-14(8-11(15)16)12(17)10-5-3-2-4-9(10)6-7-13/h2-5H,6-8,13H2,1H3,(H,15,16). The van der Waals surface area contributed by atoms with E-state index in [0.717, 1.165) is 5.56 Å². The maximum absolute atomic E-state index is 12.0. The zero-order valence-electron chi connectivity index (χ0n) is 9.72. The van der Waals surface area contributed by atoms with E-state index in [-0.39, 0.29) is 12.5 Å².